The summed E-state index contributed by atoms with van der Waals surface area (Å²) in [6.45, 7) is 12.7. The summed E-state index contributed by atoms with van der Waals surface area (Å²) in [5.41, 5.74) is 1.30. The van der Waals surface area contributed by atoms with Crippen LogP contribution in [0.1, 0.15) is 19.4 Å². The molecular weight excluding hydrogens is 338 g/mol. The molecule has 1 saturated heterocycles. The number of ether oxygens (including phenoxy) is 1. The summed E-state index contributed by atoms with van der Waals surface area (Å²) < 4.78 is 6.01. The Morgan fingerprint density at radius 2 is 2.00 bits per heavy atom. The van der Waals surface area contributed by atoms with E-state index in [1.165, 1.54) is 31.7 Å². The zero-order valence-corrected chi connectivity index (χ0v) is 17.1. The zero-order valence-electron chi connectivity index (χ0n) is 17.1. The Bertz CT molecular complexity index is 587. The van der Waals surface area contributed by atoms with Gasteiger partial charge in [-0.25, -0.2) is 0 Å². The van der Waals surface area contributed by atoms with Crippen LogP contribution >= 0.6 is 0 Å². The highest BCUT2D eigenvalue weighted by atomic mass is 16.5. The highest BCUT2D eigenvalue weighted by molar-refractivity contribution is 5.79. The van der Waals surface area contributed by atoms with Crippen molar-refractivity contribution >= 4 is 5.96 Å². The molecule has 0 bridgehead atoms. The van der Waals surface area contributed by atoms with Gasteiger partial charge >= 0.3 is 0 Å². The highest BCUT2D eigenvalue weighted by Gasteiger charge is 2.22. The summed E-state index contributed by atoms with van der Waals surface area (Å²) in [7, 11) is 2.20. The summed E-state index contributed by atoms with van der Waals surface area (Å²) in [4.78, 5) is 9.76. The maximum Gasteiger partial charge on any atom is 0.191 e. The average Bonchev–Trinajstić information content (AvgIpc) is 3.09. The minimum atomic E-state index is 0.175. The van der Waals surface area contributed by atoms with E-state index in [1.54, 1.807) is 0 Å². The van der Waals surface area contributed by atoms with E-state index < -0.39 is 0 Å². The van der Waals surface area contributed by atoms with Crippen LogP contribution in [0.4, 0.5) is 0 Å². The van der Waals surface area contributed by atoms with Crippen LogP contribution in [0.3, 0.4) is 0 Å². The quantitative estimate of drug-likeness (QED) is 0.559. The second-order valence-electron chi connectivity index (χ2n) is 7.86. The molecule has 1 aromatic rings. The number of nitrogens with one attached hydrogen (secondary N) is 2. The number of guanidine groups is 1. The first-order valence-corrected chi connectivity index (χ1v) is 10.3. The van der Waals surface area contributed by atoms with E-state index in [4.69, 9.17) is 9.73 Å². The Kier molecular flexibility index (Phi) is 7.35. The Labute approximate surface area is 164 Å². The van der Waals surface area contributed by atoms with Crippen molar-refractivity contribution in [1.82, 2.24) is 20.4 Å². The van der Waals surface area contributed by atoms with Crippen molar-refractivity contribution in [3.05, 3.63) is 29.8 Å². The van der Waals surface area contributed by atoms with E-state index in [0.717, 1.165) is 44.3 Å². The van der Waals surface area contributed by atoms with Crippen LogP contribution in [0.5, 0.6) is 5.75 Å². The average molecular weight is 374 g/mol. The lowest BCUT2D eigenvalue weighted by Crippen LogP contribution is -2.46. The molecule has 1 fully saturated rings. The number of para-hydroxylation sites is 1. The van der Waals surface area contributed by atoms with Gasteiger partial charge in [-0.2, -0.15) is 0 Å². The lowest BCUT2D eigenvalue weighted by atomic mass is 10.1. The predicted molar refractivity (Wildman–Crippen MR) is 112 cm³/mol. The number of nitrogens with zero attached hydrogens (tertiary/aromatic N) is 3. The molecule has 0 amide bonds. The summed E-state index contributed by atoms with van der Waals surface area (Å²) in [5.74, 6) is 2.46. The molecule has 2 atom stereocenters. The Balaban J connectivity index is 1.42. The maximum atomic E-state index is 6.01. The molecule has 6 nitrogen and oxygen atoms in total. The van der Waals surface area contributed by atoms with Gasteiger partial charge in [-0.05, 0) is 31.5 Å². The number of benzene rings is 1. The summed E-state index contributed by atoms with van der Waals surface area (Å²) in [5, 5.41) is 6.81. The molecule has 1 aromatic carbocycles. The maximum absolute atomic E-state index is 6.01. The molecule has 6 heteroatoms. The fraction of sp³-hybridized carbons (Fsp3) is 0.667. The first-order valence-electron chi connectivity index (χ1n) is 10.3. The van der Waals surface area contributed by atoms with Gasteiger partial charge in [0, 0.05) is 52.2 Å². The first kappa shape index (κ1) is 20.0. The molecule has 0 aromatic heterocycles. The number of aliphatic imine (C=N–C) groups is 1. The molecule has 0 aliphatic carbocycles. The number of piperazine rings is 1. The van der Waals surface area contributed by atoms with Gasteiger partial charge in [-0.3, -0.25) is 4.99 Å². The summed E-state index contributed by atoms with van der Waals surface area (Å²) >= 11 is 0. The molecule has 2 heterocycles. The Hall–Kier alpha value is -1.79. The van der Waals surface area contributed by atoms with Crippen molar-refractivity contribution in [1.29, 1.82) is 0 Å². The van der Waals surface area contributed by atoms with Crippen molar-refractivity contribution in [2.24, 2.45) is 10.9 Å². The molecule has 0 radical (unpaired) electrons. The third-order valence-corrected chi connectivity index (χ3v) is 5.28. The first-order chi connectivity index (χ1) is 13.1. The third kappa shape index (κ3) is 6.11. The molecule has 3 rings (SSSR count). The van der Waals surface area contributed by atoms with Crippen LogP contribution in [-0.2, 0) is 6.42 Å². The van der Waals surface area contributed by atoms with E-state index in [0.29, 0.717) is 5.92 Å². The fourth-order valence-electron chi connectivity index (χ4n) is 3.70. The smallest absolute Gasteiger partial charge is 0.191 e. The zero-order chi connectivity index (χ0) is 19.1. The molecule has 2 aliphatic heterocycles. The van der Waals surface area contributed by atoms with Crippen molar-refractivity contribution in [3.8, 4) is 5.75 Å². The summed E-state index contributed by atoms with van der Waals surface area (Å²) in [6, 6.07) is 8.30. The Morgan fingerprint density at radius 1 is 1.22 bits per heavy atom. The molecular formula is C21H35N5O. The molecule has 27 heavy (non-hydrogen) atoms. The van der Waals surface area contributed by atoms with Crippen LogP contribution < -0.4 is 15.4 Å². The van der Waals surface area contributed by atoms with Gasteiger partial charge in [0.15, 0.2) is 5.96 Å². The van der Waals surface area contributed by atoms with E-state index in [1.807, 2.05) is 6.07 Å². The van der Waals surface area contributed by atoms with Gasteiger partial charge in [0.2, 0.25) is 0 Å². The fourth-order valence-corrected chi connectivity index (χ4v) is 3.70. The van der Waals surface area contributed by atoms with Gasteiger partial charge in [0.1, 0.15) is 11.9 Å². The van der Waals surface area contributed by atoms with Crippen LogP contribution in [-0.4, -0.2) is 81.3 Å². The lowest BCUT2D eigenvalue weighted by molar-refractivity contribution is 0.140. The van der Waals surface area contributed by atoms with Crippen LogP contribution in [0.2, 0.25) is 0 Å². The van der Waals surface area contributed by atoms with E-state index in [2.05, 4.69) is 59.5 Å². The molecule has 2 unspecified atom stereocenters. The van der Waals surface area contributed by atoms with E-state index in [9.17, 15) is 0 Å². The van der Waals surface area contributed by atoms with Gasteiger partial charge in [-0.15, -0.1) is 0 Å². The van der Waals surface area contributed by atoms with E-state index in [-0.39, 0.29) is 6.10 Å². The van der Waals surface area contributed by atoms with Crippen molar-refractivity contribution in [3.63, 3.8) is 0 Å². The highest BCUT2D eigenvalue weighted by Crippen LogP contribution is 2.27. The van der Waals surface area contributed by atoms with Crippen LogP contribution in [0, 0.1) is 5.92 Å². The van der Waals surface area contributed by atoms with Crippen molar-refractivity contribution in [2.45, 2.75) is 26.4 Å². The standard InChI is InChI=1S/C21H35N5O/c1-4-22-21(23-14-17(2)16-26-11-9-25(3)10-12-26)24-15-19-13-18-7-5-6-8-20(18)27-19/h5-8,17,19H,4,9-16H2,1-3H3,(H2,22,23,24). The molecule has 0 saturated carbocycles. The number of hydrogen-bond acceptors (Lipinski definition) is 4. The summed E-state index contributed by atoms with van der Waals surface area (Å²) in [6.07, 6.45) is 1.14. The van der Waals surface area contributed by atoms with E-state index >= 15 is 0 Å². The van der Waals surface area contributed by atoms with Crippen LogP contribution in [0.25, 0.3) is 0 Å². The largest absolute Gasteiger partial charge is 0.488 e. The molecule has 2 aliphatic rings. The second kappa shape index (κ2) is 9.95. The lowest BCUT2D eigenvalue weighted by Gasteiger charge is -2.33. The van der Waals surface area contributed by atoms with Crippen LogP contribution in [0.15, 0.2) is 29.3 Å². The minimum Gasteiger partial charge on any atom is -0.488 e. The second-order valence-corrected chi connectivity index (χ2v) is 7.86. The topological polar surface area (TPSA) is 52.1 Å². The van der Waals surface area contributed by atoms with Gasteiger partial charge < -0.3 is 25.2 Å². The molecule has 150 valence electrons. The molecule has 2 N–H and O–H groups in total. The molecule has 0 spiro atoms. The van der Waals surface area contributed by atoms with Gasteiger partial charge in [-0.1, -0.05) is 25.1 Å². The minimum absolute atomic E-state index is 0.175. The predicted octanol–water partition coefficient (Wildman–Crippen LogP) is 1.43. The SMILES string of the molecule is CCNC(=NCC(C)CN1CCN(C)CC1)NCC1Cc2ccccc2O1. The number of fused-ring (bicyclic) bond motifs is 1. The Morgan fingerprint density at radius 3 is 2.74 bits per heavy atom. The van der Waals surface area contributed by atoms with Gasteiger partial charge in [0.05, 0.1) is 6.54 Å². The number of likely N-dealkylation sites (N-methyl/N-ethyl adjacent to an activating group) is 1. The van der Waals surface area contributed by atoms with Gasteiger partial charge in [0.25, 0.3) is 0 Å². The number of hydrogen-bond donors (Lipinski definition) is 2. The van der Waals surface area contributed by atoms with Crippen molar-refractivity contribution in [2.75, 3.05) is 59.4 Å². The number of rotatable bonds is 7. The van der Waals surface area contributed by atoms with Crippen molar-refractivity contribution < 1.29 is 4.74 Å². The normalized spacial score (nSPS) is 22.2. The third-order valence-electron chi connectivity index (χ3n) is 5.28. The monoisotopic (exact) mass is 373 g/mol.